The maximum absolute atomic E-state index is 12.4. The van der Waals surface area contributed by atoms with E-state index < -0.39 is 6.10 Å². The third kappa shape index (κ3) is 5.71. The largest absolute Gasteiger partial charge is 0.507 e. The summed E-state index contributed by atoms with van der Waals surface area (Å²) in [6.45, 7) is 12.6. The lowest BCUT2D eigenvalue weighted by molar-refractivity contribution is -0.123. The van der Waals surface area contributed by atoms with Crippen LogP contribution >= 0.6 is 0 Å². The summed E-state index contributed by atoms with van der Waals surface area (Å²) >= 11 is 0. The Morgan fingerprint density at radius 3 is 2.04 bits per heavy atom. The summed E-state index contributed by atoms with van der Waals surface area (Å²) in [5.74, 6) is 0.358. The van der Waals surface area contributed by atoms with Crippen LogP contribution in [0.25, 0.3) is 0 Å². The molecule has 1 amide bonds. The quantitative estimate of drug-likeness (QED) is 0.733. The molecule has 0 radical (unpaired) electrons. The van der Waals surface area contributed by atoms with Crippen molar-refractivity contribution >= 4 is 5.91 Å². The lowest BCUT2D eigenvalue weighted by Gasteiger charge is -2.29. The van der Waals surface area contributed by atoms with Crippen molar-refractivity contribution in [2.45, 2.75) is 103 Å². The van der Waals surface area contributed by atoms with Crippen molar-refractivity contribution in [1.82, 2.24) is 5.32 Å². The van der Waals surface area contributed by atoms with E-state index in [0.29, 0.717) is 18.6 Å². The topological polar surface area (TPSA) is 69.6 Å². The Morgan fingerprint density at radius 1 is 1.04 bits per heavy atom. The second-order valence-electron chi connectivity index (χ2n) is 10.1. The van der Waals surface area contributed by atoms with Gasteiger partial charge in [-0.3, -0.25) is 4.79 Å². The lowest BCUT2D eigenvalue weighted by atomic mass is 9.78. The van der Waals surface area contributed by atoms with Gasteiger partial charge >= 0.3 is 0 Å². The highest BCUT2D eigenvalue weighted by atomic mass is 16.3. The zero-order valence-corrected chi connectivity index (χ0v) is 17.9. The van der Waals surface area contributed by atoms with Crippen LogP contribution in [-0.2, 0) is 22.0 Å². The second-order valence-corrected chi connectivity index (χ2v) is 10.1. The maximum Gasteiger partial charge on any atom is 0.220 e. The van der Waals surface area contributed by atoms with Crippen LogP contribution in [0.5, 0.6) is 5.75 Å². The van der Waals surface area contributed by atoms with Crippen LogP contribution in [0.1, 0.15) is 90.3 Å². The number of phenolic OH excluding ortho intramolecular Hbond substituents is 1. The molecule has 27 heavy (non-hydrogen) atoms. The van der Waals surface area contributed by atoms with Gasteiger partial charge in [0.15, 0.2) is 0 Å². The van der Waals surface area contributed by atoms with Gasteiger partial charge in [0.1, 0.15) is 5.75 Å². The van der Waals surface area contributed by atoms with Gasteiger partial charge in [-0.25, -0.2) is 0 Å². The maximum atomic E-state index is 12.4. The minimum Gasteiger partial charge on any atom is -0.507 e. The predicted molar refractivity (Wildman–Crippen MR) is 110 cm³/mol. The number of carbonyl (C=O) groups is 1. The molecule has 152 valence electrons. The first-order chi connectivity index (χ1) is 12.4. The van der Waals surface area contributed by atoms with E-state index in [4.69, 9.17) is 0 Å². The number of hydrogen-bond acceptors (Lipinski definition) is 3. The molecule has 0 aromatic heterocycles. The van der Waals surface area contributed by atoms with Gasteiger partial charge in [0.05, 0.1) is 12.1 Å². The van der Waals surface area contributed by atoms with Crippen molar-refractivity contribution in [1.29, 1.82) is 0 Å². The van der Waals surface area contributed by atoms with Crippen LogP contribution in [0.4, 0.5) is 0 Å². The monoisotopic (exact) mass is 375 g/mol. The molecule has 3 N–H and O–H groups in total. The fraction of sp³-hybridized carbons (Fsp3) is 0.696. The molecule has 0 aliphatic heterocycles. The average molecular weight is 376 g/mol. The van der Waals surface area contributed by atoms with Gasteiger partial charge in [-0.15, -0.1) is 0 Å². The number of aliphatic hydroxyl groups excluding tert-OH is 1. The number of hydrogen-bond donors (Lipinski definition) is 3. The van der Waals surface area contributed by atoms with Crippen molar-refractivity contribution < 1.29 is 15.0 Å². The van der Waals surface area contributed by atoms with E-state index >= 15 is 0 Å². The molecule has 1 aliphatic carbocycles. The number of aromatic hydroxyl groups is 1. The molecule has 4 heteroatoms. The number of nitrogens with one attached hydrogen (secondary N) is 1. The Balaban J connectivity index is 2.14. The summed E-state index contributed by atoms with van der Waals surface area (Å²) in [5.41, 5.74) is 2.58. The number of phenols is 1. The van der Waals surface area contributed by atoms with E-state index in [1.165, 1.54) is 0 Å². The van der Waals surface area contributed by atoms with Gasteiger partial charge in [-0.2, -0.15) is 0 Å². The number of aryl methyl sites for hydroxylation is 1. The zero-order chi connectivity index (χ0) is 20.4. The first-order valence-corrected chi connectivity index (χ1v) is 10.2. The van der Waals surface area contributed by atoms with Crippen molar-refractivity contribution in [3.63, 3.8) is 0 Å². The predicted octanol–water partition coefficient (Wildman–Crippen LogP) is 4.34. The molecule has 0 heterocycles. The molecule has 1 aromatic rings. The second kappa shape index (κ2) is 8.22. The van der Waals surface area contributed by atoms with Crippen LogP contribution in [0.3, 0.4) is 0 Å². The fourth-order valence-electron chi connectivity index (χ4n) is 3.80. The molecule has 1 aliphatic rings. The van der Waals surface area contributed by atoms with Gasteiger partial charge in [-0.1, -0.05) is 66.5 Å². The lowest BCUT2D eigenvalue weighted by Crippen LogP contribution is -2.45. The van der Waals surface area contributed by atoms with E-state index in [1.54, 1.807) is 0 Å². The Bertz CT molecular complexity index is 632. The van der Waals surface area contributed by atoms with Crippen molar-refractivity contribution in [3.8, 4) is 5.75 Å². The van der Waals surface area contributed by atoms with E-state index in [0.717, 1.165) is 42.4 Å². The van der Waals surface area contributed by atoms with E-state index in [2.05, 4.69) is 46.9 Å². The molecule has 2 atom stereocenters. The first kappa shape index (κ1) is 21.7. The van der Waals surface area contributed by atoms with Crippen molar-refractivity contribution in [2.75, 3.05) is 0 Å². The molecule has 0 saturated heterocycles. The van der Waals surface area contributed by atoms with Crippen LogP contribution in [0.2, 0.25) is 0 Å². The van der Waals surface area contributed by atoms with Gasteiger partial charge in [-0.05, 0) is 46.8 Å². The van der Waals surface area contributed by atoms with Gasteiger partial charge < -0.3 is 15.5 Å². The van der Waals surface area contributed by atoms with Crippen molar-refractivity contribution in [2.24, 2.45) is 0 Å². The summed E-state index contributed by atoms with van der Waals surface area (Å²) in [6.07, 6.45) is 4.32. The van der Waals surface area contributed by atoms with Crippen LogP contribution in [-0.4, -0.2) is 28.3 Å². The summed E-state index contributed by atoms with van der Waals surface area (Å²) in [5, 5.41) is 23.8. The molecule has 0 bridgehead atoms. The molecule has 0 spiro atoms. The number of benzene rings is 1. The van der Waals surface area contributed by atoms with Crippen molar-refractivity contribution in [3.05, 3.63) is 28.8 Å². The minimum atomic E-state index is -0.420. The third-order valence-corrected chi connectivity index (χ3v) is 5.50. The Labute approximate surface area is 164 Å². The van der Waals surface area contributed by atoms with Gasteiger partial charge in [0, 0.05) is 6.42 Å². The Hall–Kier alpha value is -1.55. The smallest absolute Gasteiger partial charge is 0.220 e. The molecule has 2 unspecified atom stereocenters. The molecule has 1 saturated carbocycles. The fourth-order valence-corrected chi connectivity index (χ4v) is 3.80. The highest BCUT2D eigenvalue weighted by molar-refractivity contribution is 5.76. The van der Waals surface area contributed by atoms with Crippen LogP contribution < -0.4 is 5.32 Å². The van der Waals surface area contributed by atoms with Crippen LogP contribution in [0.15, 0.2) is 12.1 Å². The molecular weight excluding hydrogens is 338 g/mol. The SMILES string of the molecule is CC(C)(C)c1cc(CCC(=O)NC2CCCCC2O)cc(C(C)(C)C)c1O. The highest BCUT2D eigenvalue weighted by Crippen LogP contribution is 2.40. The Morgan fingerprint density at radius 2 is 1.56 bits per heavy atom. The molecule has 1 fully saturated rings. The number of amides is 1. The molecule has 4 nitrogen and oxygen atoms in total. The number of rotatable bonds is 4. The standard InChI is InChI=1S/C23H37NO3/c1-22(2,3)16-13-15(14-17(21(16)27)23(4,5)6)11-12-20(26)24-18-9-7-8-10-19(18)25/h13-14,18-19,25,27H,7-12H2,1-6H3,(H,24,26). The third-order valence-electron chi connectivity index (χ3n) is 5.50. The highest BCUT2D eigenvalue weighted by Gasteiger charge is 2.27. The summed E-state index contributed by atoms with van der Waals surface area (Å²) < 4.78 is 0. The summed E-state index contributed by atoms with van der Waals surface area (Å²) in [6, 6.07) is 3.96. The summed E-state index contributed by atoms with van der Waals surface area (Å²) in [4.78, 5) is 12.4. The molecule has 2 rings (SSSR count). The van der Waals surface area contributed by atoms with Gasteiger partial charge in [0.25, 0.3) is 0 Å². The number of aliphatic hydroxyl groups is 1. The summed E-state index contributed by atoms with van der Waals surface area (Å²) in [7, 11) is 0. The normalized spacial score (nSPS) is 21.1. The van der Waals surface area contributed by atoms with E-state index in [1.807, 2.05) is 12.1 Å². The van der Waals surface area contributed by atoms with Gasteiger partial charge in [0.2, 0.25) is 5.91 Å². The molecular formula is C23H37NO3. The molecule has 1 aromatic carbocycles. The Kier molecular flexibility index (Phi) is 6.62. The minimum absolute atomic E-state index is 0.0105. The average Bonchev–Trinajstić information content (AvgIpc) is 2.54. The number of carbonyl (C=O) groups excluding carboxylic acids is 1. The van der Waals surface area contributed by atoms with Crippen LogP contribution in [0, 0.1) is 0 Å². The first-order valence-electron chi connectivity index (χ1n) is 10.2. The van der Waals surface area contributed by atoms with E-state index in [-0.39, 0.29) is 22.8 Å². The zero-order valence-electron chi connectivity index (χ0n) is 17.9. The van der Waals surface area contributed by atoms with E-state index in [9.17, 15) is 15.0 Å².